The van der Waals surface area contributed by atoms with E-state index < -0.39 is 0 Å². The topological polar surface area (TPSA) is 38.3 Å². The second kappa shape index (κ2) is 7.94. The van der Waals surface area contributed by atoms with Crippen molar-refractivity contribution in [3.05, 3.63) is 0 Å². The molecule has 90 valence electrons. The molecule has 3 nitrogen and oxygen atoms in total. The van der Waals surface area contributed by atoms with Crippen LogP contribution in [0.2, 0.25) is 0 Å². The van der Waals surface area contributed by atoms with E-state index in [1.165, 1.54) is 0 Å². The Kier molecular flexibility index (Phi) is 7.79. The highest BCUT2D eigenvalue weighted by Gasteiger charge is 2.23. The van der Waals surface area contributed by atoms with Crippen LogP contribution in [-0.2, 0) is 9.53 Å². The zero-order chi connectivity index (χ0) is 10.4. The van der Waals surface area contributed by atoms with Crippen molar-refractivity contribution in [1.29, 1.82) is 0 Å². The quantitative estimate of drug-likeness (QED) is 0.759. The maximum atomic E-state index is 11.6. The van der Waals surface area contributed by atoms with E-state index in [0.717, 1.165) is 38.8 Å². The average molecular weight is 236 g/mol. The monoisotopic (exact) mass is 235 g/mol. The lowest BCUT2D eigenvalue weighted by molar-refractivity contribution is -0.154. The van der Waals surface area contributed by atoms with Crippen LogP contribution < -0.4 is 5.32 Å². The Morgan fingerprint density at radius 1 is 1.47 bits per heavy atom. The summed E-state index contributed by atoms with van der Waals surface area (Å²) >= 11 is 0. The third kappa shape index (κ3) is 5.38. The lowest BCUT2D eigenvalue weighted by Gasteiger charge is -2.22. The first kappa shape index (κ1) is 14.7. The van der Waals surface area contributed by atoms with Crippen molar-refractivity contribution in [1.82, 2.24) is 5.32 Å². The summed E-state index contributed by atoms with van der Waals surface area (Å²) in [6.45, 7) is 5.97. The molecule has 4 heteroatoms. The number of hydrogen-bond donors (Lipinski definition) is 1. The lowest BCUT2D eigenvalue weighted by Crippen LogP contribution is -2.33. The fraction of sp³-hybridized carbons (Fsp3) is 0.909. The second-order valence-electron chi connectivity index (χ2n) is 4.06. The van der Waals surface area contributed by atoms with E-state index in [1.54, 1.807) is 0 Å². The van der Waals surface area contributed by atoms with Crippen molar-refractivity contribution in [2.75, 3.05) is 13.1 Å². The number of ether oxygens (including phenoxy) is 1. The Bertz CT molecular complexity index is 181. The van der Waals surface area contributed by atoms with E-state index in [-0.39, 0.29) is 30.4 Å². The molecule has 1 aliphatic heterocycles. The molecule has 0 aliphatic carbocycles. The van der Waals surface area contributed by atoms with Gasteiger partial charge < -0.3 is 10.1 Å². The average Bonchev–Trinajstić information content (AvgIpc) is 2.19. The molecule has 0 spiro atoms. The Hall–Kier alpha value is -0.280. The third-order valence-corrected chi connectivity index (χ3v) is 2.69. The summed E-state index contributed by atoms with van der Waals surface area (Å²) in [6.07, 6.45) is 3.98. The van der Waals surface area contributed by atoms with E-state index in [2.05, 4.69) is 12.2 Å². The zero-order valence-corrected chi connectivity index (χ0v) is 10.4. The molecule has 0 saturated carbocycles. The number of piperidine rings is 1. The van der Waals surface area contributed by atoms with Gasteiger partial charge in [0.05, 0.1) is 12.0 Å². The van der Waals surface area contributed by atoms with Crippen LogP contribution in [0.4, 0.5) is 0 Å². The van der Waals surface area contributed by atoms with Crippen molar-refractivity contribution >= 4 is 18.4 Å². The minimum atomic E-state index is 0. The van der Waals surface area contributed by atoms with Gasteiger partial charge in [-0.2, -0.15) is 0 Å². The summed E-state index contributed by atoms with van der Waals surface area (Å²) < 4.78 is 5.36. The Labute approximate surface area is 98.4 Å². The van der Waals surface area contributed by atoms with Gasteiger partial charge >= 0.3 is 5.97 Å². The molecule has 1 N–H and O–H groups in total. The molecular formula is C11H22ClNO2. The molecule has 1 fully saturated rings. The van der Waals surface area contributed by atoms with Gasteiger partial charge in [0, 0.05) is 0 Å². The summed E-state index contributed by atoms with van der Waals surface area (Å²) in [6, 6.07) is 0. The van der Waals surface area contributed by atoms with Crippen LogP contribution in [0.3, 0.4) is 0 Å². The van der Waals surface area contributed by atoms with E-state index in [4.69, 9.17) is 4.74 Å². The van der Waals surface area contributed by atoms with Gasteiger partial charge in [-0.05, 0) is 39.3 Å². The van der Waals surface area contributed by atoms with Gasteiger partial charge in [0.2, 0.25) is 0 Å². The first-order chi connectivity index (χ1) is 6.74. The number of hydrogen-bond acceptors (Lipinski definition) is 3. The molecule has 1 rings (SSSR count). The SMILES string of the molecule is CCCC(C)OC(=O)C1CCNCC1.Cl. The maximum absolute atomic E-state index is 11.6. The maximum Gasteiger partial charge on any atom is 0.309 e. The first-order valence-electron chi connectivity index (χ1n) is 5.65. The third-order valence-electron chi connectivity index (χ3n) is 2.69. The van der Waals surface area contributed by atoms with Crippen LogP contribution in [0.15, 0.2) is 0 Å². The Morgan fingerprint density at radius 3 is 2.60 bits per heavy atom. The number of carbonyl (C=O) groups excluding carboxylic acids is 1. The van der Waals surface area contributed by atoms with Gasteiger partial charge in [-0.3, -0.25) is 4.79 Å². The summed E-state index contributed by atoms with van der Waals surface area (Å²) in [7, 11) is 0. The molecule has 1 heterocycles. The van der Waals surface area contributed by atoms with Crippen LogP contribution in [0, 0.1) is 5.92 Å². The summed E-state index contributed by atoms with van der Waals surface area (Å²) in [5, 5.41) is 3.24. The van der Waals surface area contributed by atoms with Crippen LogP contribution in [0.25, 0.3) is 0 Å². The standard InChI is InChI=1S/C11H21NO2.ClH/c1-3-4-9(2)14-11(13)10-5-7-12-8-6-10;/h9-10,12H,3-8H2,1-2H3;1H. The van der Waals surface area contributed by atoms with E-state index >= 15 is 0 Å². The van der Waals surface area contributed by atoms with E-state index in [0.29, 0.717) is 0 Å². The molecule has 0 aromatic heterocycles. The smallest absolute Gasteiger partial charge is 0.309 e. The number of halogens is 1. The van der Waals surface area contributed by atoms with Crippen molar-refractivity contribution in [2.45, 2.75) is 45.6 Å². The van der Waals surface area contributed by atoms with Crippen molar-refractivity contribution < 1.29 is 9.53 Å². The molecule has 15 heavy (non-hydrogen) atoms. The van der Waals surface area contributed by atoms with Crippen LogP contribution in [0.5, 0.6) is 0 Å². The molecule has 1 atom stereocenters. The molecule has 0 aromatic carbocycles. The number of nitrogens with one attached hydrogen (secondary N) is 1. The fourth-order valence-electron chi connectivity index (χ4n) is 1.82. The summed E-state index contributed by atoms with van der Waals surface area (Å²) in [5.41, 5.74) is 0. The second-order valence-corrected chi connectivity index (χ2v) is 4.06. The zero-order valence-electron chi connectivity index (χ0n) is 9.62. The van der Waals surface area contributed by atoms with Gasteiger partial charge in [-0.25, -0.2) is 0 Å². The van der Waals surface area contributed by atoms with Gasteiger partial charge in [0.1, 0.15) is 0 Å². The van der Waals surface area contributed by atoms with Gasteiger partial charge in [0.25, 0.3) is 0 Å². The minimum absolute atomic E-state index is 0. The first-order valence-corrected chi connectivity index (χ1v) is 5.65. The van der Waals surface area contributed by atoms with Gasteiger partial charge in [-0.1, -0.05) is 13.3 Å². The predicted molar refractivity (Wildman–Crippen MR) is 63.3 cm³/mol. The largest absolute Gasteiger partial charge is 0.462 e. The normalized spacial score (nSPS) is 19.1. The number of rotatable bonds is 4. The highest BCUT2D eigenvalue weighted by atomic mass is 35.5. The molecule has 0 radical (unpaired) electrons. The van der Waals surface area contributed by atoms with Crippen LogP contribution >= 0.6 is 12.4 Å². The molecule has 0 amide bonds. The fourth-order valence-corrected chi connectivity index (χ4v) is 1.82. The molecule has 1 unspecified atom stereocenters. The van der Waals surface area contributed by atoms with Crippen molar-refractivity contribution in [3.8, 4) is 0 Å². The molecule has 1 aliphatic rings. The number of esters is 1. The molecule has 0 aromatic rings. The van der Waals surface area contributed by atoms with Gasteiger partial charge in [0.15, 0.2) is 0 Å². The van der Waals surface area contributed by atoms with Crippen LogP contribution in [0.1, 0.15) is 39.5 Å². The molecule has 1 saturated heterocycles. The highest BCUT2D eigenvalue weighted by Crippen LogP contribution is 2.15. The number of carbonyl (C=O) groups is 1. The van der Waals surface area contributed by atoms with Gasteiger partial charge in [-0.15, -0.1) is 12.4 Å². The summed E-state index contributed by atoms with van der Waals surface area (Å²) in [4.78, 5) is 11.6. The lowest BCUT2D eigenvalue weighted by atomic mass is 9.98. The van der Waals surface area contributed by atoms with Crippen molar-refractivity contribution in [3.63, 3.8) is 0 Å². The van der Waals surface area contributed by atoms with Crippen molar-refractivity contribution in [2.24, 2.45) is 5.92 Å². The van der Waals surface area contributed by atoms with E-state index in [9.17, 15) is 4.79 Å². The highest BCUT2D eigenvalue weighted by molar-refractivity contribution is 5.85. The summed E-state index contributed by atoms with van der Waals surface area (Å²) in [5.74, 6) is 0.142. The van der Waals surface area contributed by atoms with Crippen LogP contribution in [-0.4, -0.2) is 25.2 Å². The molecule has 0 bridgehead atoms. The Balaban J connectivity index is 0.00000196. The molecular weight excluding hydrogens is 214 g/mol. The predicted octanol–water partition coefficient (Wildman–Crippen LogP) is 2.14. The minimum Gasteiger partial charge on any atom is -0.462 e. The van der Waals surface area contributed by atoms with E-state index in [1.807, 2.05) is 6.92 Å². The Morgan fingerprint density at radius 2 is 2.07 bits per heavy atom.